The van der Waals surface area contributed by atoms with Crippen LogP contribution >= 0.6 is 11.8 Å². The molecule has 0 rings (SSSR count). The number of carbonyl (C=O) groups is 1. The highest BCUT2D eigenvalue weighted by Gasteiger charge is 2.14. The van der Waals surface area contributed by atoms with Crippen molar-refractivity contribution >= 4 is 17.7 Å². The molecule has 0 aliphatic rings. The third kappa shape index (κ3) is 8.81. The Hall–Kier alpha value is -0.220. The summed E-state index contributed by atoms with van der Waals surface area (Å²) in [6.07, 6.45) is 5.20. The third-order valence-corrected chi connectivity index (χ3v) is 4.16. The number of hydrogen-bond acceptors (Lipinski definition) is 3. The summed E-state index contributed by atoms with van der Waals surface area (Å²) in [6.45, 7) is 8.37. The second-order valence-corrected chi connectivity index (χ2v) is 6.15. The first kappa shape index (κ1) is 17.8. The van der Waals surface area contributed by atoms with Crippen LogP contribution in [0, 0.1) is 0 Å². The molecule has 0 spiro atoms. The van der Waals surface area contributed by atoms with E-state index in [0.29, 0.717) is 11.0 Å². The van der Waals surface area contributed by atoms with Gasteiger partial charge in [0.2, 0.25) is 5.91 Å². The number of thioether (sulfide) groups is 1. The lowest BCUT2D eigenvalue weighted by Gasteiger charge is -2.23. The molecule has 0 fully saturated rings. The molecule has 0 aromatic rings. The number of unbranched alkanes of at least 4 members (excludes halogenated alkanes) is 2. The molecule has 1 N–H and O–H groups in total. The van der Waals surface area contributed by atoms with Gasteiger partial charge in [-0.15, -0.1) is 11.8 Å². The Balaban J connectivity index is 4.02. The highest BCUT2D eigenvalue weighted by molar-refractivity contribution is 8.00. The fraction of sp³-hybridized carbons (Fsp3) is 0.929. The summed E-state index contributed by atoms with van der Waals surface area (Å²) in [5.41, 5.74) is 0. The molecule has 0 aromatic heterocycles. The average molecular weight is 275 g/mol. The molecule has 1 amide bonds. The second kappa shape index (κ2) is 11.8. The lowest BCUT2D eigenvalue weighted by molar-refractivity contribution is -0.128. The molecular weight excluding hydrogens is 246 g/mol. The van der Waals surface area contributed by atoms with Crippen molar-refractivity contribution in [2.75, 3.05) is 25.4 Å². The molecule has 4 heteroatoms. The summed E-state index contributed by atoms with van der Waals surface area (Å²) in [4.78, 5) is 14.1. The van der Waals surface area contributed by atoms with Gasteiger partial charge < -0.3 is 10.0 Å². The van der Waals surface area contributed by atoms with Gasteiger partial charge in [0.15, 0.2) is 0 Å². The van der Waals surface area contributed by atoms with E-state index in [4.69, 9.17) is 5.11 Å². The zero-order valence-corrected chi connectivity index (χ0v) is 13.0. The van der Waals surface area contributed by atoms with Gasteiger partial charge in [0, 0.05) is 24.9 Å². The van der Waals surface area contributed by atoms with Gasteiger partial charge in [-0.05, 0) is 19.3 Å². The Bertz CT molecular complexity index is 204. The summed E-state index contributed by atoms with van der Waals surface area (Å²) < 4.78 is 0. The molecule has 1 unspecified atom stereocenters. The molecule has 18 heavy (non-hydrogen) atoms. The van der Waals surface area contributed by atoms with E-state index in [1.165, 1.54) is 0 Å². The van der Waals surface area contributed by atoms with Gasteiger partial charge >= 0.3 is 0 Å². The molecular formula is C14H29NO2S. The van der Waals surface area contributed by atoms with E-state index in [9.17, 15) is 4.79 Å². The van der Waals surface area contributed by atoms with Crippen molar-refractivity contribution in [2.24, 2.45) is 0 Å². The minimum Gasteiger partial charge on any atom is -0.396 e. The second-order valence-electron chi connectivity index (χ2n) is 4.72. The van der Waals surface area contributed by atoms with E-state index in [1.807, 2.05) is 4.90 Å². The molecule has 0 saturated carbocycles. The predicted octanol–water partition coefficient (Wildman–Crippen LogP) is 2.92. The van der Waals surface area contributed by atoms with E-state index in [1.54, 1.807) is 11.8 Å². The van der Waals surface area contributed by atoms with Gasteiger partial charge in [0.1, 0.15) is 0 Å². The molecule has 3 nitrogen and oxygen atoms in total. The van der Waals surface area contributed by atoms with Crippen LogP contribution in [0.25, 0.3) is 0 Å². The van der Waals surface area contributed by atoms with Gasteiger partial charge in [0.05, 0.1) is 5.75 Å². The summed E-state index contributed by atoms with van der Waals surface area (Å²) in [6, 6.07) is 0. The summed E-state index contributed by atoms with van der Waals surface area (Å²) >= 11 is 1.65. The average Bonchev–Trinajstić information content (AvgIpc) is 2.36. The van der Waals surface area contributed by atoms with Crippen LogP contribution in [0.4, 0.5) is 0 Å². The van der Waals surface area contributed by atoms with Gasteiger partial charge in [-0.25, -0.2) is 0 Å². The van der Waals surface area contributed by atoms with E-state index >= 15 is 0 Å². The van der Waals surface area contributed by atoms with Crippen LogP contribution in [0.15, 0.2) is 0 Å². The van der Waals surface area contributed by atoms with Crippen LogP contribution in [-0.4, -0.2) is 46.6 Å². The van der Waals surface area contributed by atoms with E-state index in [-0.39, 0.29) is 12.5 Å². The highest BCUT2D eigenvalue weighted by atomic mass is 32.2. The number of nitrogens with zero attached hydrogens (tertiary/aromatic N) is 1. The van der Waals surface area contributed by atoms with Gasteiger partial charge in [-0.1, -0.05) is 33.6 Å². The van der Waals surface area contributed by atoms with Crippen LogP contribution in [0.1, 0.15) is 52.9 Å². The quantitative estimate of drug-likeness (QED) is 0.630. The zero-order chi connectivity index (χ0) is 13.8. The Morgan fingerprint density at radius 2 is 1.78 bits per heavy atom. The number of carbonyl (C=O) groups excluding carboxylic acids is 1. The molecule has 1 atom stereocenters. The Kier molecular flexibility index (Phi) is 11.7. The van der Waals surface area contributed by atoms with Crippen molar-refractivity contribution in [3.63, 3.8) is 0 Å². The van der Waals surface area contributed by atoms with Crippen LogP contribution < -0.4 is 0 Å². The Morgan fingerprint density at radius 3 is 2.22 bits per heavy atom. The van der Waals surface area contributed by atoms with E-state index < -0.39 is 0 Å². The smallest absolute Gasteiger partial charge is 0.232 e. The van der Waals surface area contributed by atoms with Crippen molar-refractivity contribution in [3.05, 3.63) is 0 Å². The molecule has 0 aliphatic heterocycles. The van der Waals surface area contributed by atoms with Crippen molar-refractivity contribution in [1.29, 1.82) is 0 Å². The van der Waals surface area contributed by atoms with Crippen LogP contribution in [0.2, 0.25) is 0 Å². The standard InChI is InChI=1S/C14H29NO2S/c1-4-6-9-15(10-7-5-2)14(17)12-18-13(3)8-11-16/h13,16H,4-12H2,1-3H3. The first-order valence-corrected chi connectivity index (χ1v) is 8.20. The number of amides is 1. The SMILES string of the molecule is CCCCN(CCCC)C(=O)CSC(C)CCO. The van der Waals surface area contributed by atoms with Crippen molar-refractivity contribution < 1.29 is 9.90 Å². The fourth-order valence-corrected chi connectivity index (χ4v) is 2.51. The number of hydrogen-bond donors (Lipinski definition) is 1. The van der Waals surface area contributed by atoms with Gasteiger partial charge in [-0.2, -0.15) is 0 Å². The molecule has 0 bridgehead atoms. The minimum absolute atomic E-state index is 0.206. The Morgan fingerprint density at radius 1 is 1.22 bits per heavy atom. The maximum absolute atomic E-state index is 12.1. The maximum Gasteiger partial charge on any atom is 0.232 e. The predicted molar refractivity (Wildman–Crippen MR) is 80.0 cm³/mol. The summed E-state index contributed by atoms with van der Waals surface area (Å²) in [7, 11) is 0. The monoisotopic (exact) mass is 275 g/mol. The summed E-state index contributed by atoms with van der Waals surface area (Å²) in [5, 5.41) is 9.19. The molecule has 0 aliphatic carbocycles. The molecule has 108 valence electrons. The third-order valence-electron chi connectivity index (χ3n) is 2.94. The van der Waals surface area contributed by atoms with Gasteiger partial charge in [-0.3, -0.25) is 4.79 Å². The van der Waals surface area contributed by atoms with Crippen molar-refractivity contribution in [1.82, 2.24) is 4.90 Å². The van der Waals surface area contributed by atoms with Crippen LogP contribution in [-0.2, 0) is 4.79 Å². The molecule has 0 heterocycles. The zero-order valence-electron chi connectivity index (χ0n) is 12.2. The largest absolute Gasteiger partial charge is 0.396 e. The molecule has 0 saturated heterocycles. The normalized spacial score (nSPS) is 12.4. The summed E-state index contributed by atoms with van der Waals surface area (Å²) in [5.74, 6) is 0.806. The number of aliphatic hydroxyl groups is 1. The van der Waals surface area contributed by atoms with E-state index in [2.05, 4.69) is 20.8 Å². The molecule has 0 radical (unpaired) electrons. The first-order chi connectivity index (χ1) is 8.65. The first-order valence-electron chi connectivity index (χ1n) is 7.15. The van der Waals surface area contributed by atoms with Crippen molar-refractivity contribution in [2.45, 2.75) is 58.1 Å². The Labute approximate surface area is 116 Å². The van der Waals surface area contributed by atoms with E-state index in [0.717, 1.165) is 45.2 Å². The topological polar surface area (TPSA) is 40.5 Å². The number of rotatable bonds is 11. The number of aliphatic hydroxyl groups excluding tert-OH is 1. The maximum atomic E-state index is 12.1. The lowest BCUT2D eigenvalue weighted by Crippen LogP contribution is -2.34. The molecule has 0 aromatic carbocycles. The lowest BCUT2D eigenvalue weighted by atomic mass is 10.2. The van der Waals surface area contributed by atoms with Crippen molar-refractivity contribution in [3.8, 4) is 0 Å². The van der Waals surface area contributed by atoms with Gasteiger partial charge in [0.25, 0.3) is 0 Å². The van der Waals surface area contributed by atoms with Crippen LogP contribution in [0.3, 0.4) is 0 Å². The minimum atomic E-state index is 0.206. The van der Waals surface area contributed by atoms with Crippen LogP contribution in [0.5, 0.6) is 0 Å². The fourth-order valence-electron chi connectivity index (χ4n) is 1.63. The highest BCUT2D eigenvalue weighted by Crippen LogP contribution is 2.14.